The maximum Gasteiger partial charge on any atom is 0.262 e. The van der Waals surface area contributed by atoms with E-state index in [9.17, 15) is 9.59 Å². The predicted molar refractivity (Wildman–Crippen MR) is 46.6 cm³/mol. The van der Waals surface area contributed by atoms with Crippen molar-refractivity contribution in [2.45, 2.75) is 6.42 Å². The van der Waals surface area contributed by atoms with Crippen LogP contribution in [0.5, 0.6) is 0 Å². The third-order valence-corrected chi connectivity index (χ3v) is 2.02. The Hall–Kier alpha value is -2.22. The van der Waals surface area contributed by atoms with Gasteiger partial charge in [-0.05, 0) is 0 Å². The van der Waals surface area contributed by atoms with E-state index >= 15 is 0 Å². The molecule has 68 valence electrons. The van der Waals surface area contributed by atoms with Crippen LogP contribution in [-0.2, 0) is 6.42 Å². The molecule has 5 heteroatoms. The molecule has 1 aliphatic rings. The lowest BCUT2D eigenvalue weighted by Crippen LogP contribution is -2.25. The van der Waals surface area contributed by atoms with E-state index < -0.39 is 11.3 Å². The maximum atomic E-state index is 11.5. The average molecular weight is 187 g/mol. The van der Waals surface area contributed by atoms with Gasteiger partial charge in [-0.25, -0.2) is 4.98 Å². The van der Waals surface area contributed by atoms with Crippen LogP contribution >= 0.6 is 0 Å². The molecule has 0 spiro atoms. The van der Waals surface area contributed by atoms with E-state index in [0.717, 1.165) is 0 Å². The summed E-state index contributed by atoms with van der Waals surface area (Å²) in [7, 11) is 0. The summed E-state index contributed by atoms with van der Waals surface area (Å²) in [6.45, 7) is 0. The van der Waals surface area contributed by atoms with Crippen LogP contribution in [-0.4, -0.2) is 15.8 Å². The van der Waals surface area contributed by atoms with E-state index in [2.05, 4.69) is 9.97 Å². The molecular weight excluding hydrogens is 182 g/mol. The monoisotopic (exact) mass is 187 g/mol. The molecule has 0 unspecified atom stereocenters. The van der Waals surface area contributed by atoms with Gasteiger partial charge < -0.3 is 4.98 Å². The molecule has 1 aromatic heterocycles. The first-order valence-electron chi connectivity index (χ1n) is 3.95. The van der Waals surface area contributed by atoms with Gasteiger partial charge in [-0.1, -0.05) is 6.08 Å². The number of Topliss-reactive ketones (excluding diaryl/α,β-unsaturated/α-hetero) is 1. The minimum Gasteiger partial charge on any atom is -0.313 e. The standard InChI is InChI=1S/C9H5N3O2/c10-3-5-1-2-6-7(8(5)13)9(14)12-4-11-6/h1,4H,2H2,(H,11,12,14). The number of hydrogen-bond acceptors (Lipinski definition) is 4. The van der Waals surface area contributed by atoms with Crippen molar-refractivity contribution in [3.05, 3.63) is 39.6 Å². The Morgan fingerprint density at radius 3 is 3.00 bits per heavy atom. The number of nitrogens with one attached hydrogen (secondary N) is 1. The van der Waals surface area contributed by atoms with Crippen molar-refractivity contribution in [2.75, 3.05) is 0 Å². The molecule has 0 bridgehead atoms. The predicted octanol–water partition coefficient (Wildman–Crippen LogP) is -0.0413. The van der Waals surface area contributed by atoms with Gasteiger partial charge in [-0.2, -0.15) is 5.26 Å². The van der Waals surface area contributed by atoms with E-state index in [1.807, 2.05) is 0 Å². The topological polar surface area (TPSA) is 86.6 Å². The fraction of sp³-hybridized carbons (Fsp3) is 0.111. The molecule has 0 aromatic carbocycles. The Labute approximate surface area is 78.7 Å². The molecule has 0 fully saturated rings. The third kappa shape index (κ3) is 1.05. The van der Waals surface area contributed by atoms with Gasteiger partial charge in [0.1, 0.15) is 11.6 Å². The van der Waals surface area contributed by atoms with Crippen LogP contribution in [0.4, 0.5) is 0 Å². The molecule has 1 aliphatic carbocycles. The highest BCUT2D eigenvalue weighted by Crippen LogP contribution is 2.14. The molecule has 1 aromatic rings. The number of carbonyl (C=O) groups excluding carboxylic acids is 1. The summed E-state index contributed by atoms with van der Waals surface area (Å²) >= 11 is 0. The summed E-state index contributed by atoms with van der Waals surface area (Å²) < 4.78 is 0. The van der Waals surface area contributed by atoms with Crippen LogP contribution in [0, 0.1) is 11.3 Å². The maximum absolute atomic E-state index is 11.5. The van der Waals surface area contributed by atoms with Crippen LogP contribution < -0.4 is 5.56 Å². The van der Waals surface area contributed by atoms with Crippen molar-refractivity contribution >= 4 is 5.78 Å². The second kappa shape index (κ2) is 2.92. The van der Waals surface area contributed by atoms with Crippen molar-refractivity contribution in [1.29, 1.82) is 5.26 Å². The first-order valence-corrected chi connectivity index (χ1v) is 3.95. The van der Waals surface area contributed by atoms with Crippen LogP contribution in [0.25, 0.3) is 0 Å². The fourth-order valence-electron chi connectivity index (χ4n) is 1.35. The van der Waals surface area contributed by atoms with Crippen LogP contribution in [0.15, 0.2) is 22.8 Å². The molecule has 5 nitrogen and oxygen atoms in total. The first-order chi connectivity index (χ1) is 6.74. The molecule has 0 saturated carbocycles. The highest BCUT2D eigenvalue weighted by molar-refractivity contribution is 6.12. The normalized spacial score (nSPS) is 14.2. The molecule has 2 rings (SSSR count). The Balaban J connectivity index is 2.68. The molecule has 0 saturated heterocycles. The number of fused-ring (bicyclic) bond motifs is 1. The highest BCUT2D eigenvalue weighted by Gasteiger charge is 2.24. The lowest BCUT2D eigenvalue weighted by atomic mass is 9.96. The number of aromatic amines is 1. The van der Waals surface area contributed by atoms with Gasteiger partial charge in [-0.15, -0.1) is 0 Å². The lowest BCUT2D eigenvalue weighted by Gasteiger charge is -2.08. The Kier molecular flexibility index (Phi) is 1.75. The number of aromatic nitrogens is 2. The van der Waals surface area contributed by atoms with E-state index in [0.29, 0.717) is 12.1 Å². The first kappa shape index (κ1) is 8.38. The van der Waals surface area contributed by atoms with Gasteiger partial charge >= 0.3 is 0 Å². The van der Waals surface area contributed by atoms with Gasteiger partial charge in [0, 0.05) is 6.42 Å². The smallest absolute Gasteiger partial charge is 0.262 e. The molecule has 0 amide bonds. The summed E-state index contributed by atoms with van der Waals surface area (Å²) in [6, 6.07) is 1.75. The van der Waals surface area contributed by atoms with Gasteiger partial charge in [0.25, 0.3) is 5.56 Å². The highest BCUT2D eigenvalue weighted by atomic mass is 16.1. The molecule has 14 heavy (non-hydrogen) atoms. The summed E-state index contributed by atoms with van der Waals surface area (Å²) in [4.78, 5) is 29.0. The number of H-pyrrole nitrogens is 1. The largest absolute Gasteiger partial charge is 0.313 e. The lowest BCUT2D eigenvalue weighted by molar-refractivity contribution is 0.103. The molecule has 0 aliphatic heterocycles. The SMILES string of the molecule is N#CC1=CCc2nc[nH]c(=O)c2C1=O. The zero-order valence-electron chi connectivity index (χ0n) is 7.07. The zero-order chi connectivity index (χ0) is 10.1. The Morgan fingerprint density at radius 2 is 2.29 bits per heavy atom. The average Bonchev–Trinajstić information content (AvgIpc) is 2.18. The number of nitrogens with zero attached hydrogens (tertiary/aromatic N) is 2. The van der Waals surface area contributed by atoms with E-state index in [4.69, 9.17) is 5.26 Å². The van der Waals surface area contributed by atoms with Crippen LogP contribution in [0.1, 0.15) is 16.1 Å². The Morgan fingerprint density at radius 1 is 1.50 bits per heavy atom. The number of ketones is 1. The number of allylic oxidation sites excluding steroid dienone is 2. The number of nitriles is 1. The third-order valence-electron chi connectivity index (χ3n) is 2.02. The minimum absolute atomic E-state index is 0.00782. The van der Waals surface area contributed by atoms with Crippen LogP contribution in [0.2, 0.25) is 0 Å². The fourth-order valence-corrected chi connectivity index (χ4v) is 1.35. The van der Waals surface area contributed by atoms with Crippen molar-refractivity contribution < 1.29 is 4.79 Å². The summed E-state index contributed by atoms with van der Waals surface area (Å²) in [5, 5.41) is 8.61. The summed E-state index contributed by atoms with van der Waals surface area (Å²) in [5.74, 6) is -0.539. The van der Waals surface area contributed by atoms with Gasteiger partial charge in [0.05, 0.1) is 17.6 Å². The molecule has 0 atom stereocenters. The molecule has 0 radical (unpaired) electrons. The second-order valence-corrected chi connectivity index (χ2v) is 2.82. The second-order valence-electron chi connectivity index (χ2n) is 2.82. The molecular formula is C9H5N3O2. The van der Waals surface area contributed by atoms with E-state index in [1.165, 1.54) is 12.4 Å². The minimum atomic E-state index is -0.539. The van der Waals surface area contributed by atoms with E-state index in [1.54, 1.807) is 6.07 Å². The van der Waals surface area contributed by atoms with Crippen molar-refractivity contribution in [3.63, 3.8) is 0 Å². The quantitative estimate of drug-likeness (QED) is 0.617. The van der Waals surface area contributed by atoms with Crippen LogP contribution in [0.3, 0.4) is 0 Å². The number of rotatable bonds is 0. The van der Waals surface area contributed by atoms with Gasteiger partial charge in [0.2, 0.25) is 5.78 Å². The molecule has 1 heterocycles. The van der Waals surface area contributed by atoms with Crippen molar-refractivity contribution in [3.8, 4) is 6.07 Å². The number of carbonyl (C=O) groups is 1. The van der Waals surface area contributed by atoms with Crippen molar-refractivity contribution in [2.24, 2.45) is 0 Å². The summed E-state index contributed by atoms with van der Waals surface area (Å²) in [5.41, 5.74) is -0.0545. The van der Waals surface area contributed by atoms with Gasteiger partial charge in [-0.3, -0.25) is 9.59 Å². The van der Waals surface area contributed by atoms with Gasteiger partial charge in [0.15, 0.2) is 0 Å². The number of hydrogen-bond donors (Lipinski definition) is 1. The summed E-state index contributed by atoms with van der Waals surface area (Å²) in [6.07, 6.45) is 3.09. The van der Waals surface area contributed by atoms with E-state index in [-0.39, 0.29) is 11.1 Å². The van der Waals surface area contributed by atoms with Crippen molar-refractivity contribution in [1.82, 2.24) is 9.97 Å². The molecule has 1 N–H and O–H groups in total. The Bertz CT molecular complexity index is 534. The zero-order valence-corrected chi connectivity index (χ0v) is 7.07.